The SMILES string of the molecule is CC(C)Oc1cc(S(=O)(=O)O)ccc1N. The average molecular weight is 231 g/mol. The van der Waals surface area contributed by atoms with Gasteiger partial charge in [-0.15, -0.1) is 0 Å². The molecule has 84 valence electrons. The molecule has 0 radical (unpaired) electrons. The molecule has 0 saturated carbocycles. The minimum Gasteiger partial charge on any atom is -0.489 e. The van der Waals surface area contributed by atoms with Gasteiger partial charge in [-0.3, -0.25) is 4.55 Å². The summed E-state index contributed by atoms with van der Waals surface area (Å²) in [5.41, 5.74) is 5.91. The van der Waals surface area contributed by atoms with Gasteiger partial charge in [0.1, 0.15) is 5.75 Å². The molecule has 3 N–H and O–H groups in total. The van der Waals surface area contributed by atoms with Crippen molar-refractivity contribution >= 4 is 15.8 Å². The molecule has 0 heterocycles. The quantitative estimate of drug-likeness (QED) is 0.604. The molecular weight excluding hydrogens is 218 g/mol. The molecule has 1 rings (SSSR count). The molecule has 0 bridgehead atoms. The number of nitrogens with two attached hydrogens (primary N) is 1. The Bertz CT molecular complexity index is 453. The van der Waals surface area contributed by atoms with Crippen LogP contribution in [0.25, 0.3) is 0 Å². The summed E-state index contributed by atoms with van der Waals surface area (Å²) in [7, 11) is -4.21. The van der Waals surface area contributed by atoms with Crippen LogP contribution in [-0.4, -0.2) is 19.1 Å². The lowest BCUT2D eigenvalue weighted by atomic mass is 10.3. The van der Waals surface area contributed by atoms with E-state index in [4.69, 9.17) is 15.0 Å². The summed E-state index contributed by atoms with van der Waals surface area (Å²) in [6.07, 6.45) is -0.121. The van der Waals surface area contributed by atoms with E-state index in [1.165, 1.54) is 18.2 Å². The van der Waals surface area contributed by atoms with Crippen molar-refractivity contribution in [2.75, 3.05) is 5.73 Å². The molecule has 5 nitrogen and oxygen atoms in total. The molecule has 0 aliphatic heterocycles. The Kier molecular flexibility index (Phi) is 3.21. The second kappa shape index (κ2) is 4.08. The fourth-order valence-electron chi connectivity index (χ4n) is 1.03. The fourth-order valence-corrected chi connectivity index (χ4v) is 1.53. The van der Waals surface area contributed by atoms with Crippen molar-refractivity contribution in [3.8, 4) is 5.75 Å². The highest BCUT2D eigenvalue weighted by molar-refractivity contribution is 7.85. The smallest absolute Gasteiger partial charge is 0.294 e. The van der Waals surface area contributed by atoms with Crippen LogP contribution in [0.5, 0.6) is 5.75 Å². The van der Waals surface area contributed by atoms with E-state index >= 15 is 0 Å². The van der Waals surface area contributed by atoms with E-state index in [-0.39, 0.29) is 16.7 Å². The third kappa shape index (κ3) is 3.10. The highest BCUT2D eigenvalue weighted by Gasteiger charge is 2.12. The van der Waals surface area contributed by atoms with Gasteiger partial charge in [-0.05, 0) is 26.0 Å². The average Bonchev–Trinajstić information content (AvgIpc) is 2.06. The van der Waals surface area contributed by atoms with Crippen LogP contribution in [0, 0.1) is 0 Å². The van der Waals surface area contributed by atoms with Crippen molar-refractivity contribution in [2.24, 2.45) is 0 Å². The van der Waals surface area contributed by atoms with E-state index in [9.17, 15) is 8.42 Å². The first-order chi connectivity index (χ1) is 6.80. The van der Waals surface area contributed by atoms with Crippen LogP contribution in [0.3, 0.4) is 0 Å². The lowest BCUT2D eigenvalue weighted by Gasteiger charge is -2.12. The van der Waals surface area contributed by atoms with Gasteiger partial charge < -0.3 is 10.5 Å². The van der Waals surface area contributed by atoms with Crippen molar-refractivity contribution < 1.29 is 17.7 Å². The topological polar surface area (TPSA) is 89.6 Å². The first-order valence-electron chi connectivity index (χ1n) is 4.34. The van der Waals surface area contributed by atoms with E-state index in [0.29, 0.717) is 5.69 Å². The summed E-state index contributed by atoms with van der Waals surface area (Å²) in [6.45, 7) is 3.58. The van der Waals surface area contributed by atoms with Crippen molar-refractivity contribution in [1.29, 1.82) is 0 Å². The summed E-state index contributed by atoms with van der Waals surface area (Å²) >= 11 is 0. The molecule has 0 amide bonds. The van der Waals surface area contributed by atoms with Crippen molar-refractivity contribution in [2.45, 2.75) is 24.8 Å². The Balaban J connectivity index is 3.17. The van der Waals surface area contributed by atoms with Crippen LogP contribution in [0.4, 0.5) is 5.69 Å². The minimum absolute atomic E-state index is 0.121. The number of rotatable bonds is 3. The zero-order chi connectivity index (χ0) is 11.6. The van der Waals surface area contributed by atoms with Crippen molar-refractivity contribution in [3.63, 3.8) is 0 Å². The Labute approximate surface area is 88.6 Å². The molecule has 0 saturated heterocycles. The maximum atomic E-state index is 10.8. The van der Waals surface area contributed by atoms with Crippen molar-refractivity contribution in [3.05, 3.63) is 18.2 Å². The number of benzene rings is 1. The van der Waals surface area contributed by atoms with Crippen LogP contribution in [0.1, 0.15) is 13.8 Å². The van der Waals surface area contributed by atoms with Crippen LogP contribution in [0.2, 0.25) is 0 Å². The van der Waals surface area contributed by atoms with Gasteiger partial charge in [0.25, 0.3) is 10.1 Å². The molecule has 1 aromatic rings. The highest BCUT2D eigenvalue weighted by atomic mass is 32.2. The van der Waals surface area contributed by atoms with E-state index in [0.717, 1.165) is 0 Å². The zero-order valence-electron chi connectivity index (χ0n) is 8.47. The number of ether oxygens (including phenoxy) is 1. The highest BCUT2D eigenvalue weighted by Crippen LogP contribution is 2.25. The predicted octanol–water partition coefficient (Wildman–Crippen LogP) is 1.30. The summed E-state index contributed by atoms with van der Waals surface area (Å²) in [4.78, 5) is -0.229. The molecular formula is C9H13NO4S. The van der Waals surface area contributed by atoms with Gasteiger partial charge in [0, 0.05) is 6.07 Å². The molecule has 0 aliphatic rings. The Morgan fingerprint density at radius 3 is 2.47 bits per heavy atom. The van der Waals surface area contributed by atoms with Gasteiger partial charge in [-0.2, -0.15) is 8.42 Å². The molecule has 0 unspecified atom stereocenters. The molecule has 0 aliphatic carbocycles. The molecule has 0 aromatic heterocycles. The molecule has 6 heteroatoms. The summed E-state index contributed by atoms with van der Waals surface area (Å²) in [5.74, 6) is 0.250. The Morgan fingerprint density at radius 1 is 1.40 bits per heavy atom. The number of anilines is 1. The fraction of sp³-hybridized carbons (Fsp3) is 0.333. The second-order valence-corrected chi connectivity index (χ2v) is 4.76. The maximum Gasteiger partial charge on any atom is 0.294 e. The molecule has 0 spiro atoms. The monoisotopic (exact) mass is 231 g/mol. The van der Waals surface area contributed by atoms with E-state index in [1.54, 1.807) is 13.8 Å². The van der Waals surface area contributed by atoms with Gasteiger partial charge in [0.05, 0.1) is 16.7 Å². The van der Waals surface area contributed by atoms with Gasteiger partial charge in [0.2, 0.25) is 0 Å². The van der Waals surface area contributed by atoms with E-state index in [1.807, 2.05) is 0 Å². The summed E-state index contributed by atoms with van der Waals surface area (Å²) < 4.78 is 35.8. The minimum atomic E-state index is -4.21. The van der Waals surface area contributed by atoms with Gasteiger partial charge in [-0.1, -0.05) is 0 Å². The summed E-state index contributed by atoms with van der Waals surface area (Å²) in [6, 6.07) is 3.79. The molecule has 0 atom stereocenters. The Hall–Kier alpha value is -1.27. The third-order valence-corrected chi connectivity index (χ3v) is 2.50. The molecule has 0 fully saturated rings. The van der Waals surface area contributed by atoms with Crippen LogP contribution < -0.4 is 10.5 Å². The second-order valence-electron chi connectivity index (χ2n) is 3.34. The lowest BCUT2D eigenvalue weighted by Crippen LogP contribution is -2.08. The van der Waals surface area contributed by atoms with Gasteiger partial charge >= 0.3 is 0 Å². The third-order valence-electron chi connectivity index (χ3n) is 1.65. The van der Waals surface area contributed by atoms with Gasteiger partial charge in [0.15, 0.2) is 0 Å². The first kappa shape index (κ1) is 11.8. The number of hydrogen-bond donors (Lipinski definition) is 2. The number of hydrogen-bond acceptors (Lipinski definition) is 4. The largest absolute Gasteiger partial charge is 0.489 e. The van der Waals surface area contributed by atoms with Crippen LogP contribution in [-0.2, 0) is 10.1 Å². The van der Waals surface area contributed by atoms with Crippen LogP contribution in [0.15, 0.2) is 23.1 Å². The van der Waals surface area contributed by atoms with E-state index < -0.39 is 10.1 Å². The van der Waals surface area contributed by atoms with Gasteiger partial charge in [-0.25, -0.2) is 0 Å². The van der Waals surface area contributed by atoms with Crippen molar-refractivity contribution in [1.82, 2.24) is 0 Å². The zero-order valence-corrected chi connectivity index (χ0v) is 9.28. The van der Waals surface area contributed by atoms with Crippen LogP contribution >= 0.6 is 0 Å². The number of nitrogen functional groups attached to an aromatic ring is 1. The standard InChI is InChI=1S/C9H13NO4S/c1-6(2)14-9-5-7(15(11,12)13)3-4-8(9)10/h3-6H,10H2,1-2H3,(H,11,12,13). The lowest BCUT2D eigenvalue weighted by molar-refractivity contribution is 0.243. The normalized spacial score (nSPS) is 11.7. The molecule has 1 aromatic carbocycles. The maximum absolute atomic E-state index is 10.8. The summed E-state index contributed by atoms with van der Waals surface area (Å²) in [5, 5.41) is 0. The molecule has 15 heavy (non-hydrogen) atoms. The van der Waals surface area contributed by atoms with E-state index in [2.05, 4.69) is 0 Å². The Morgan fingerprint density at radius 2 is 2.00 bits per heavy atom. The predicted molar refractivity (Wildman–Crippen MR) is 56.4 cm³/mol. The first-order valence-corrected chi connectivity index (χ1v) is 5.78.